The zero-order chi connectivity index (χ0) is 18.7. The maximum absolute atomic E-state index is 12.0. The Hall–Kier alpha value is -1.17. The van der Waals surface area contributed by atoms with Crippen LogP contribution >= 0.6 is 0 Å². The Morgan fingerprint density at radius 1 is 1.08 bits per heavy atom. The first-order valence-electron chi connectivity index (χ1n) is 9.39. The normalized spacial score (nSPS) is 14.1. The molecule has 0 unspecified atom stereocenters. The van der Waals surface area contributed by atoms with Crippen molar-refractivity contribution in [3.05, 3.63) is 35.9 Å². The highest BCUT2D eigenvalue weighted by molar-refractivity contribution is 6.73. The molecule has 0 aliphatic carbocycles. The maximum atomic E-state index is 12.0. The molecule has 0 saturated heterocycles. The SMILES string of the molecule is CC[Si](CC)(CC)O[C@H](CCOCc1ccccc1)[C@@H](C)C(=O)OC. The van der Waals surface area contributed by atoms with E-state index >= 15 is 0 Å². The van der Waals surface area contributed by atoms with Crippen molar-refractivity contribution in [2.45, 2.75) is 65.0 Å². The van der Waals surface area contributed by atoms with Crippen LogP contribution in [-0.2, 0) is 25.3 Å². The predicted octanol–water partition coefficient (Wildman–Crippen LogP) is 4.79. The lowest BCUT2D eigenvalue weighted by atomic mass is 10.0. The van der Waals surface area contributed by atoms with E-state index in [1.165, 1.54) is 7.11 Å². The first-order chi connectivity index (χ1) is 12.0. The molecule has 0 spiro atoms. The summed E-state index contributed by atoms with van der Waals surface area (Å²) < 4.78 is 17.3. The monoisotopic (exact) mass is 366 g/mol. The summed E-state index contributed by atoms with van der Waals surface area (Å²) in [5, 5.41) is 0. The largest absolute Gasteiger partial charge is 0.469 e. The number of benzene rings is 1. The maximum Gasteiger partial charge on any atom is 0.310 e. The quantitative estimate of drug-likeness (QED) is 0.303. The highest BCUT2D eigenvalue weighted by Crippen LogP contribution is 2.27. The summed E-state index contributed by atoms with van der Waals surface area (Å²) in [7, 11) is -0.353. The Morgan fingerprint density at radius 3 is 2.20 bits per heavy atom. The molecule has 0 fully saturated rings. The number of hydrogen-bond donors (Lipinski definition) is 0. The second-order valence-corrected chi connectivity index (χ2v) is 11.3. The molecule has 0 N–H and O–H groups in total. The standard InChI is InChI=1S/C20H34O4Si/c1-6-25(7-2,8-3)24-19(17(4)20(21)22-5)14-15-23-16-18-12-10-9-11-13-18/h9-13,17,19H,6-8,14-16H2,1-5H3/t17-,19-/m1/s1. The summed E-state index contributed by atoms with van der Waals surface area (Å²) in [6, 6.07) is 13.3. The number of methoxy groups -OCH3 is 1. The second-order valence-electron chi connectivity index (χ2n) is 6.54. The summed E-state index contributed by atoms with van der Waals surface area (Å²) in [6.07, 6.45) is 0.562. The lowest BCUT2D eigenvalue weighted by Gasteiger charge is -2.35. The fourth-order valence-electron chi connectivity index (χ4n) is 3.03. The topological polar surface area (TPSA) is 44.8 Å². The number of esters is 1. The van der Waals surface area contributed by atoms with Crippen molar-refractivity contribution < 1.29 is 18.7 Å². The van der Waals surface area contributed by atoms with Crippen molar-refractivity contribution in [2.24, 2.45) is 5.92 Å². The summed E-state index contributed by atoms with van der Waals surface area (Å²) in [4.78, 5) is 12.0. The molecule has 5 heteroatoms. The number of hydrogen-bond acceptors (Lipinski definition) is 4. The zero-order valence-corrected chi connectivity index (χ0v) is 17.4. The molecule has 0 bridgehead atoms. The van der Waals surface area contributed by atoms with Crippen LogP contribution < -0.4 is 0 Å². The van der Waals surface area contributed by atoms with Crippen LogP contribution in [0, 0.1) is 5.92 Å². The molecule has 0 aliphatic heterocycles. The van der Waals surface area contributed by atoms with E-state index in [0.717, 1.165) is 23.7 Å². The lowest BCUT2D eigenvalue weighted by molar-refractivity contribution is -0.148. The molecule has 4 nitrogen and oxygen atoms in total. The molecule has 0 aromatic heterocycles. The number of carbonyl (C=O) groups excluding carboxylic acids is 1. The van der Waals surface area contributed by atoms with Gasteiger partial charge in [-0.2, -0.15) is 0 Å². The first-order valence-corrected chi connectivity index (χ1v) is 11.9. The highest BCUT2D eigenvalue weighted by Gasteiger charge is 2.36. The van der Waals surface area contributed by atoms with Gasteiger partial charge in [0, 0.05) is 6.61 Å². The van der Waals surface area contributed by atoms with Crippen LogP contribution in [0.1, 0.15) is 39.7 Å². The minimum absolute atomic E-state index is 0.144. The van der Waals surface area contributed by atoms with E-state index in [0.29, 0.717) is 19.6 Å². The van der Waals surface area contributed by atoms with Crippen LogP contribution in [0.25, 0.3) is 0 Å². The first kappa shape index (κ1) is 21.9. The van der Waals surface area contributed by atoms with Crippen LogP contribution in [0.15, 0.2) is 30.3 Å². The van der Waals surface area contributed by atoms with E-state index in [1.807, 2.05) is 37.3 Å². The molecular formula is C20H34O4Si. The molecule has 0 heterocycles. The molecule has 1 rings (SSSR count). The van der Waals surface area contributed by atoms with E-state index in [-0.39, 0.29) is 18.0 Å². The molecule has 0 aliphatic rings. The Bertz CT molecular complexity index is 479. The summed E-state index contributed by atoms with van der Waals surface area (Å²) in [5.74, 6) is -0.485. The van der Waals surface area contributed by atoms with Crippen LogP contribution in [0.4, 0.5) is 0 Å². The predicted molar refractivity (Wildman–Crippen MR) is 104 cm³/mol. The molecule has 0 radical (unpaired) electrons. The Morgan fingerprint density at radius 2 is 1.68 bits per heavy atom. The molecular weight excluding hydrogens is 332 g/mol. The van der Waals surface area contributed by atoms with E-state index in [9.17, 15) is 4.79 Å². The Kier molecular flexibility index (Phi) is 10.0. The molecule has 1 aromatic carbocycles. The molecule has 25 heavy (non-hydrogen) atoms. The summed E-state index contributed by atoms with van der Waals surface area (Å²) >= 11 is 0. The van der Waals surface area contributed by atoms with E-state index in [2.05, 4.69) is 20.8 Å². The van der Waals surface area contributed by atoms with Crippen LogP contribution in [0.2, 0.25) is 18.1 Å². The minimum atomic E-state index is -1.79. The van der Waals surface area contributed by atoms with Gasteiger partial charge in [0.25, 0.3) is 0 Å². The van der Waals surface area contributed by atoms with E-state index in [1.54, 1.807) is 0 Å². The van der Waals surface area contributed by atoms with Crippen molar-refractivity contribution in [1.82, 2.24) is 0 Å². The smallest absolute Gasteiger partial charge is 0.310 e. The van der Waals surface area contributed by atoms with Gasteiger partial charge in [0.05, 0.1) is 25.7 Å². The molecule has 0 amide bonds. The summed E-state index contributed by atoms with van der Waals surface area (Å²) in [6.45, 7) is 9.65. The fourth-order valence-corrected chi connectivity index (χ4v) is 6.00. The van der Waals surface area contributed by atoms with Crippen molar-refractivity contribution in [2.75, 3.05) is 13.7 Å². The molecule has 1 aromatic rings. The van der Waals surface area contributed by atoms with Crippen molar-refractivity contribution in [3.8, 4) is 0 Å². The van der Waals surface area contributed by atoms with Gasteiger partial charge >= 0.3 is 5.97 Å². The Labute approximate surface area is 154 Å². The molecule has 0 saturated carbocycles. The van der Waals surface area contributed by atoms with Crippen molar-refractivity contribution in [1.29, 1.82) is 0 Å². The van der Waals surface area contributed by atoms with Gasteiger partial charge in [0.2, 0.25) is 0 Å². The summed E-state index contributed by atoms with van der Waals surface area (Å²) in [5.41, 5.74) is 1.15. The van der Waals surface area contributed by atoms with E-state index in [4.69, 9.17) is 13.9 Å². The van der Waals surface area contributed by atoms with Gasteiger partial charge in [-0.25, -0.2) is 0 Å². The van der Waals surface area contributed by atoms with Crippen LogP contribution in [-0.4, -0.2) is 34.1 Å². The van der Waals surface area contributed by atoms with Gasteiger partial charge in [0.1, 0.15) is 0 Å². The number of ether oxygens (including phenoxy) is 2. The van der Waals surface area contributed by atoms with Crippen molar-refractivity contribution in [3.63, 3.8) is 0 Å². The zero-order valence-electron chi connectivity index (χ0n) is 16.4. The van der Waals surface area contributed by atoms with Crippen LogP contribution in [0.5, 0.6) is 0 Å². The van der Waals surface area contributed by atoms with Gasteiger partial charge in [-0.15, -0.1) is 0 Å². The fraction of sp³-hybridized carbons (Fsp3) is 0.650. The minimum Gasteiger partial charge on any atom is -0.469 e. The Balaban J connectivity index is 2.65. The lowest BCUT2D eigenvalue weighted by Crippen LogP contribution is -2.44. The average molecular weight is 367 g/mol. The number of rotatable bonds is 12. The van der Waals surface area contributed by atoms with E-state index < -0.39 is 8.32 Å². The molecule has 142 valence electrons. The number of carbonyl (C=O) groups is 1. The third-order valence-corrected chi connectivity index (χ3v) is 9.79. The third kappa shape index (κ3) is 6.92. The van der Waals surface area contributed by atoms with Gasteiger partial charge < -0.3 is 13.9 Å². The van der Waals surface area contributed by atoms with Crippen LogP contribution in [0.3, 0.4) is 0 Å². The van der Waals surface area contributed by atoms with Crippen molar-refractivity contribution >= 4 is 14.3 Å². The molecule has 2 atom stereocenters. The third-order valence-electron chi connectivity index (χ3n) is 5.12. The van der Waals surface area contributed by atoms with Gasteiger partial charge in [-0.05, 0) is 37.0 Å². The second kappa shape index (κ2) is 11.4. The highest BCUT2D eigenvalue weighted by atomic mass is 28.4. The van der Waals surface area contributed by atoms with Gasteiger partial charge in [-0.3, -0.25) is 4.79 Å². The van der Waals surface area contributed by atoms with Gasteiger partial charge in [0.15, 0.2) is 8.32 Å². The average Bonchev–Trinajstić information content (AvgIpc) is 2.67. The van der Waals surface area contributed by atoms with Gasteiger partial charge in [-0.1, -0.05) is 51.1 Å².